The van der Waals surface area contributed by atoms with Crippen LogP contribution in [0.25, 0.3) is 10.9 Å². The van der Waals surface area contributed by atoms with Gasteiger partial charge in [0.15, 0.2) is 0 Å². The molecule has 196 valence electrons. The van der Waals surface area contributed by atoms with Crippen molar-refractivity contribution in [3.05, 3.63) is 129 Å². The van der Waals surface area contributed by atoms with Gasteiger partial charge in [0.1, 0.15) is 11.5 Å². The summed E-state index contributed by atoms with van der Waals surface area (Å²) in [5.74, 6) is 0.702. The number of fused-ring (bicyclic) bond motifs is 1. The highest BCUT2D eigenvalue weighted by Gasteiger charge is 2.23. The average molecular weight is 541 g/mol. The second-order valence-corrected chi connectivity index (χ2v) is 9.47. The van der Waals surface area contributed by atoms with E-state index in [0.717, 1.165) is 22.3 Å². The van der Waals surface area contributed by atoms with E-state index in [1.54, 1.807) is 42.6 Å². The number of carbonyl (C=O) groups is 1. The number of carbonyl (C=O) groups excluding carboxylic acids is 1. The minimum Gasteiger partial charge on any atom is -0.457 e. The zero-order chi connectivity index (χ0) is 27.2. The van der Waals surface area contributed by atoms with Crippen LogP contribution in [0, 0.1) is 10.1 Å². The third-order valence-electron chi connectivity index (χ3n) is 6.41. The molecule has 2 heterocycles. The second kappa shape index (κ2) is 11.8. The summed E-state index contributed by atoms with van der Waals surface area (Å²) in [5, 5.41) is 15.8. The highest BCUT2D eigenvalue weighted by molar-refractivity contribution is 6.30. The summed E-state index contributed by atoms with van der Waals surface area (Å²) in [6.45, 7) is 0.446. The summed E-state index contributed by atoms with van der Waals surface area (Å²) in [7, 11) is 0. The Kier molecular flexibility index (Phi) is 7.84. The Balaban J connectivity index is 1.44. The Morgan fingerprint density at radius 3 is 2.64 bits per heavy atom. The van der Waals surface area contributed by atoms with Crippen LogP contribution >= 0.6 is 11.6 Å². The Morgan fingerprint density at radius 1 is 1.03 bits per heavy atom. The number of H-pyrrole nitrogens is 1. The summed E-state index contributed by atoms with van der Waals surface area (Å²) in [4.78, 5) is 31.7. The third kappa shape index (κ3) is 6.42. The maximum absolute atomic E-state index is 13.1. The summed E-state index contributed by atoms with van der Waals surface area (Å²) in [6, 6.07) is 24.9. The van der Waals surface area contributed by atoms with Gasteiger partial charge in [-0.25, -0.2) is 0 Å². The van der Waals surface area contributed by atoms with E-state index < -0.39 is 4.92 Å². The third-order valence-corrected chi connectivity index (χ3v) is 6.66. The monoisotopic (exact) mass is 540 g/mol. The number of benzene rings is 3. The second-order valence-electron chi connectivity index (χ2n) is 9.04. The zero-order valence-corrected chi connectivity index (χ0v) is 21.6. The number of hydrogen-bond donors (Lipinski definition) is 2. The molecule has 8 nitrogen and oxygen atoms in total. The van der Waals surface area contributed by atoms with Crippen molar-refractivity contribution in [3.63, 3.8) is 0 Å². The van der Waals surface area contributed by atoms with Gasteiger partial charge in [-0.05, 0) is 65.7 Å². The van der Waals surface area contributed by atoms with Crippen LogP contribution in [-0.2, 0) is 11.2 Å². The van der Waals surface area contributed by atoms with Gasteiger partial charge < -0.3 is 15.0 Å². The number of nitro groups is 1. The van der Waals surface area contributed by atoms with E-state index in [1.165, 1.54) is 6.07 Å². The maximum atomic E-state index is 13.1. The predicted molar refractivity (Wildman–Crippen MR) is 150 cm³/mol. The van der Waals surface area contributed by atoms with Crippen molar-refractivity contribution in [2.24, 2.45) is 0 Å². The fraction of sp³-hybridized carbons (Fsp3) is 0.133. The minimum absolute atomic E-state index is 0.0123. The fourth-order valence-electron chi connectivity index (χ4n) is 4.51. The molecule has 1 atom stereocenters. The first kappa shape index (κ1) is 25.9. The molecule has 0 saturated heterocycles. The number of nitrogens with zero attached hydrogens (tertiary/aromatic N) is 2. The molecule has 5 rings (SSSR count). The van der Waals surface area contributed by atoms with E-state index in [-0.39, 0.29) is 23.9 Å². The lowest BCUT2D eigenvalue weighted by Crippen LogP contribution is -2.27. The highest BCUT2D eigenvalue weighted by atomic mass is 35.5. The molecular formula is C30H25ClN4O4. The highest BCUT2D eigenvalue weighted by Crippen LogP contribution is 2.36. The molecule has 1 amide bonds. The quantitative estimate of drug-likeness (QED) is 0.149. The van der Waals surface area contributed by atoms with Crippen LogP contribution < -0.4 is 10.1 Å². The molecule has 0 unspecified atom stereocenters. The number of aromatic amines is 1. The molecule has 0 aliphatic heterocycles. The molecule has 0 spiro atoms. The molecular weight excluding hydrogens is 516 g/mol. The van der Waals surface area contributed by atoms with E-state index >= 15 is 0 Å². The molecule has 39 heavy (non-hydrogen) atoms. The van der Waals surface area contributed by atoms with Crippen LogP contribution in [0.5, 0.6) is 11.5 Å². The van der Waals surface area contributed by atoms with Gasteiger partial charge in [0.05, 0.1) is 4.92 Å². The van der Waals surface area contributed by atoms with Crippen molar-refractivity contribution >= 4 is 34.1 Å². The molecule has 3 aromatic carbocycles. The lowest BCUT2D eigenvalue weighted by molar-refractivity contribution is -0.384. The number of ether oxygens (including phenoxy) is 1. The Labute approximate surface area is 229 Å². The van der Waals surface area contributed by atoms with Gasteiger partial charge in [0.25, 0.3) is 5.69 Å². The summed E-state index contributed by atoms with van der Waals surface area (Å²) >= 11 is 5.99. The molecule has 2 aromatic heterocycles. The topological polar surface area (TPSA) is 110 Å². The van der Waals surface area contributed by atoms with Gasteiger partial charge in [-0.1, -0.05) is 29.8 Å². The first-order valence-corrected chi connectivity index (χ1v) is 12.8. The van der Waals surface area contributed by atoms with Gasteiger partial charge >= 0.3 is 0 Å². The molecule has 0 radical (unpaired) electrons. The van der Waals surface area contributed by atoms with Crippen molar-refractivity contribution in [1.82, 2.24) is 15.3 Å². The number of pyridine rings is 1. The number of aromatic nitrogens is 2. The normalized spacial score (nSPS) is 11.7. The predicted octanol–water partition coefficient (Wildman–Crippen LogP) is 6.80. The van der Waals surface area contributed by atoms with Crippen LogP contribution in [0.4, 0.5) is 5.69 Å². The summed E-state index contributed by atoms with van der Waals surface area (Å²) < 4.78 is 6.04. The van der Waals surface area contributed by atoms with Crippen molar-refractivity contribution in [1.29, 1.82) is 0 Å². The number of halogens is 1. The minimum atomic E-state index is -0.421. The van der Waals surface area contributed by atoms with Crippen LogP contribution in [-0.4, -0.2) is 27.3 Å². The maximum Gasteiger partial charge on any atom is 0.270 e. The van der Waals surface area contributed by atoms with Crippen LogP contribution in [0.1, 0.15) is 29.2 Å². The SMILES string of the molecule is O=C(C[C@@H](c1cccc(Oc2ccc(Cl)cc2)c1)c1c[nH]c2ccc([N+](=O)[O-])cc12)NCCc1ccccn1. The molecule has 9 heteroatoms. The van der Waals surface area contributed by atoms with Crippen LogP contribution in [0.3, 0.4) is 0 Å². The van der Waals surface area contributed by atoms with E-state index in [2.05, 4.69) is 15.3 Å². The fourth-order valence-corrected chi connectivity index (χ4v) is 4.63. The smallest absolute Gasteiger partial charge is 0.270 e. The number of nitrogens with one attached hydrogen (secondary N) is 2. The molecule has 0 bridgehead atoms. The van der Waals surface area contributed by atoms with E-state index in [9.17, 15) is 14.9 Å². The number of rotatable bonds is 10. The van der Waals surface area contributed by atoms with E-state index in [4.69, 9.17) is 16.3 Å². The number of non-ortho nitro benzene ring substituents is 1. The van der Waals surface area contributed by atoms with E-state index in [0.29, 0.717) is 34.9 Å². The molecule has 0 aliphatic carbocycles. The standard InChI is InChI=1S/C30H25ClN4O4/c31-21-7-10-24(11-8-21)39-25-6-3-4-20(16-25)26(18-30(36)33-15-13-22-5-1-2-14-32-22)28-19-34-29-12-9-23(35(37)38)17-27(28)29/h1-12,14,16-17,19,26,34H,13,15,18H2,(H,33,36)/t26-/m0/s1. The number of nitro benzene ring substituents is 1. The van der Waals surface area contributed by atoms with Gasteiger partial charge in [0, 0.05) is 71.5 Å². The number of amides is 1. The van der Waals surface area contributed by atoms with Crippen molar-refractivity contribution in [2.45, 2.75) is 18.8 Å². The van der Waals surface area contributed by atoms with Gasteiger partial charge in [-0.15, -0.1) is 0 Å². The molecule has 0 saturated carbocycles. The summed E-state index contributed by atoms with van der Waals surface area (Å²) in [6.07, 6.45) is 4.29. The van der Waals surface area contributed by atoms with E-state index in [1.807, 2.05) is 48.7 Å². The van der Waals surface area contributed by atoms with Crippen molar-refractivity contribution < 1.29 is 14.5 Å². The zero-order valence-electron chi connectivity index (χ0n) is 20.8. The largest absolute Gasteiger partial charge is 0.457 e. The first-order valence-electron chi connectivity index (χ1n) is 12.4. The Hall–Kier alpha value is -4.69. The summed E-state index contributed by atoms with van der Waals surface area (Å²) in [5.41, 5.74) is 3.27. The Bertz CT molecular complexity index is 1600. The Morgan fingerprint density at radius 2 is 1.87 bits per heavy atom. The van der Waals surface area contributed by atoms with Gasteiger partial charge in [0.2, 0.25) is 5.91 Å². The van der Waals surface area contributed by atoms with Crippen LogP contribution in [0.15, 0.2) is 97.3 Å². The first-order chi connectivity index (χ1) is 19.0. The lowest BCUT2D eigenvalue weighted by Gasteiger charge is -2.18. The molecule has 0 aliphatic rings. The molecule has 0 fully saturated rings. The van der Waals surface area contributed by atoms with Crippen LogP contribution in [0.2, 0.25) is 5.02 Å². The van der Waals surface area contributed by atoms with Gasteiger partial charge in [-0.2, -0.15) is 0 Å². The number of hydrogen-bond acceptors (Lipinski definition) is 5. The van der Waals surface area contributed by atoms with Crippen molar-refractivity contribution in [2.75, 3.05) is 6.54 Å². The van der Waals surface area contributed by atoms with Crippen molar-refractivity contribution in [3.8, 4) is 11.5 Å². The van der Waals surface area contributed by atoms with Gasteiger partial charge in [-0.3, -0.25) is 19.9 Å². The lowest BCUT2D eigenvalue weighted by atomic mass is 9.87. The molecule has 2 N–H and O–H groups in total. The average Bonchev–Trinajstić information content (AvgIpc) is 3.37. The molecule has 5 aromatic rings.